The summed E-state index contributed by atoms with van der Waals surface area (Å²) in [4.78, 5) is 7.09. The van der Waals surface area contributed by atoms with Gasteiger partial charge < -0.3 is 5.11 Å². The summed E-state index contributed by atoms with van der Waals surface area (Å²) in [7, 11) is 0. The van der Waals surface area contributed by atoms with E-state index in [1.54, 1.807) is 12.3 Å². The second-order valence-electron chi connectivity index (χ2n) is 5.97. The number of phenolic OH excluding ortho intramolecular Hbond substituents is 1. The number of hydrogen-bond acceptors (Lipinski definition) is 3. The van der Waals surface area contributed by atoms with Crippen molar-refractivity contribution in [1.82, 2.24) is 4.90 Å². The van der Waals surface area contributed by atoms with Crippen molar-refractivity contribution >= 4 is 17.8 Å². The highest BCUT2D eigenvalue weighted by molar-refractivity contribution is 6.30. The average Bonchev–Trinajstić information content (AvgIpc) is 2.58. The zero-order valence-electron chi connectivity index (χ0n) is 13.0. The number of aromatic hydroxyl groups is 1. The Bertz CT molecular complexity index is 661. The highest BCUT2D eigenvalue weighted by Crippen LogP contribution is 2.19. The van der Waals surface area contributed by atoms with Crippen LogP contribution in [0.15, 0.2) is 53.5 Å². The molecule has 0 atom stereocenters. The molecule has 3 rings (SSSR count). The minimum Gasteiger partial charge on any atom is -0.507 e. The van der Waals surface area contributed by atoms with Crippen LogP contribution >= 0.6 is 11.6 Å². The molecule has 4 heteroatoms. The smallest absolute Gasteiger partial charge is 0.124 e. The fourth-order valence-electron chi connectivity index (χ4n) is 2.86. The first-order valence-electron chi connectivity index (χ1n) is 7.99. The number of benzene rings is 2. The fourth-order valence-corrected chi connectivity index (χ4v) is 2.98. The first-order valence-corrected chi connectivity index (χ1v) is 8.36. The number of halogens is 1. The minimum atomic E-state index is 0.288. The van der Waals surface area contributed by atoms with Crippen LogP contribution in [-0.2, 0) is 6.54 Å². The van der Waals surface area contributed by atoms with Crippen molar-refractivity contribution in [2.45, 2.75) is 25.4 Å². The van der Waals surface area contributed by atoms with Gasteiger partial charge in [0.2, 0.25) is 0 Å². The molecule has 1 aliphatic heterocycles. The lowest BCUT2D eigenvalue weighted by Gasteiger charge is -2.30. The standard InChI is InChI=1S/C19H21ClN2O/c20-17-7-5-15(6-8-17)14-22-11-9-18(10-12-22)21-13-16-3-1-2-4-19(16)23/h1-8,13,18,23H,9-12,14H2. The van der Waals surface area contributed by atoms with E-state index in [4.69, 9.17) is 11.6 Å². The van der Waals surface area contributed by atoms with E-state index in [2.05, 4.69) is 22.0 Å². The molecule has 1 fully saturated rings. The summed E-state index contributed by atoms with van der Waals surface area (Å²) in [5, 5.41) is 10.5. The Balaban J connectivity index is 1.50. The van der Waals surface area contributed by atoms with Gasteiger partial charge in [-0.3, -0.25) is 9.89 Å². The molecule has 1 aliphatic rings. The third-order valence-electron chi connectivity index (χ3n) is 4.24. The SMILES string of the molecule is Oc1ccccc1C=NC1CCN(Cc2ccc(Cl)cc2)CC1. The molecule has 0 amide bonds. The van der Waals surface area contributed by atoms with Crippen molar-refractivity contribution in [3.63, 3.8) is 0 Å². The van der Waals surface area contributed by atoms with Gasteiger partial charge in [0, 0.05) is 36.4 Å². The number of aliphatic imine (C=N–C) groups is 1. The van der Waals surface area contributed by atoms with Crippen LogP contribution < -0.4 is 0 Å². The van der Waals surface area contributed by atoms with Gasteiger partial charge in [0.15, 0.2) is 0 Å². The van der Waals surface area contributed by atoms with Gasteiger partial charge in [-0.1, -0.05) is 35.9 Å². The third kappa shape index (κ3) is 4.57. The quantitative estimate of drug-likeness (QED) is 0.857. The second kappa shape index (κ2) is 7.62. The monoisotopic (exact) mass is 328 g/mol. The Hall–Kier alpha value is -1.84. The van der Waals surface area contributed by atoms with Crippen molar-refractivity contribution in [2.24, 2.45) is 4.99 Å². The van der Waals surface area contributed by atoms with Gasteiger partial charge >= 0.3 is 0 Å². The lowest BCUT2D eigenvalue weighted by atomic mass is 10.0. The highest BCUT2D eigenvalue weighted by atomic mass is 35.5. The second-order valence-corrected chi connectivity index (χ2v) is 6.41. The van der Waals surface area contributed by atoms with E-state index in [9.17, 15) is 5.11 Å². The molecule has 1 heterocycles. The van der Waals surface area contributed by atoms with Gasteiger partial charge in [-0.2, -0.15) is 0 Å². The summed E-state index contributed by atoms with van der Waals surface area (Å²) in [5.41, 5.74) is 2.08. The first kappa shape index (κ1) is 16.0. The van der Waals surface area contributed by atoms with Crippen LogP contribution in [0.1, 0.15) is 24.0 Å². The molecule has 1 N–H and O–H groups in total. The van der Waals surface area contributed by atoms with Crippen LogP contribution in [0, 0.1) is 0 Å². The van der Waals surface area contributed by atoms with E-state index in [-0.39, 0.29) is 5.75 Å². The minimum absolute atomic E-state index is 0.288. The number of piperidine rings is 1. The Morgan fingerprint density at radius 1 is 1.09 bits per heavy atom. The molecular weight excluding hydrogens is 308 g/mol. The zero-order valence-corrected chi connectivity index (χ0v) is 13.8. The molecule has 1 saturated heterocycles. The number of phenols is 1. The van der Waals surface area contributed by atoms with E-state index in [1.165, 1.54) is 5.56 Å². The summed E-state index contributed by atoms with van der Waals surface area (Å²) in [5.74, 6) is 0.288. The van der Waals surface area contributed by atoms with Gasteiger partial charge in [0.25, 0.3) is 0 Å². The highest BCUT2D eigenvalue weighted by Gasteiger charge is 2.18. The predicted molar refractivity (Wildman–Crippen MR) is 95.5 cm³/mol. The van der Waals surface area contributed by atoms with E-state index in [0.29, 0.717) is 6.04 Å². The maximum absolute atomic E-state index is 9.76. The van der Waals surface area contributed by atoms with Crippen LogP contribution in [0.4, 0.5) is 0 Å². The molecule has 0 radical (unpaired) electrons. The van der Waals surface area contributed by atoms with Crippen LogP contribution in [0.5, 0.6) is 5.75 Å². The van der Waals surface area contributed by atoms with Crippen LogP contribution in [0.3, 0.4) is 0 Å². The maximum atomic E-state index is 9.76. The number of hydrogen-bond donors (Lipinski definition) is 1. The van der Waals surface area contributed by atoms with Gasteiger partial charge in [0.05, 0.1) is 6.04 Å². The van der Waals surface area contributed by atoms with Gasteiger partial charge in [0.1, 0.15) is 5.75 Å². The molecule has 0 unspecified atom stereocenters. The Labute approximate surface area is 142 Å². The van der Waals surface area contributed by atoms with Crippen LogP contribution in [-0.4, -0.2) is 35.4 Å². The lowest BCUT2D eigenvalue weighted by Crippen LogP contribution is -2.34. The molecule has 2 aromatic carbocycles. The van der Waals surface area contributed by atoms with Crippen molar-refractivity contribution < 1.29 is 5.11 Å². The molecule has 0 saturated carbocycles. The van der Waals surface area contributed by atoms with E-state index >= 15 is 0 Å². The van der Waals surface area contributed by atoms with Crippen molar-refractivity contribution in [2.75, 3.05) is 13.1 Å². The predicted octanol–water partition coefficient (Wildman–Crippen LogP) is 4.13. The van der Waals surface area contributed by atoms with Crippen molar-refractivity contribution in [3.05, 3.63) is 64.7 Å². The topological polar surface area (TPSA) is 35.8 Å². The largest absolute Gasteiger partial charge is 0.507 e. The average molecular weight is 329 g/mol. The van der Waals surface area contributed by atoms with Crippen molar-refractivity contribution in [3.8, 4) is 5.75 Å². The van der Waals surface area contributed by atoms with E-state index in [1.807, 2.05) is 30.3 Å². The molecule has 0 spiro atoms. The summed E-state index contributed by atoms with van der Waals surface area (Å²) in [6.45, 7) is 3.06. The van der Waals surface area contributed by atoms with E-state index in [0.717, 1.165) is 43.1 Å². The Kier molecular flexibility index (Phi) is 5.31. The van der Waals surface area contributed by atoms with Gasteiger partial charge in [-0.25, -0.2) is 0 Å². The van der Waals surface area contributed by atoms with Gasteiger partial charge in [-0.15, -0.1) is 0 Å². The number of para-hydroxylation sites is 1. The van der Waals surface area contributed by atoms with Crippen molar-refractivity contribution in [1.29, 1.82) is 0 Å². The third-order valence-corrected chi connectivity index (χ3v) is 4.49. The van der Waals surface area contributed by atoms with E-state index < -0.39 is 0 Å². The number of rotatable bonds is 4. The van der Waals surface area contributed by atoms with Crippen LogP contribution in [0.2, 0.25) is 5.02 Å². The molecular formula is C19H21ClN2O. The fraction of sp³-hybridized carbons (Fsp3) is 0.316. The summed E-state index contributed by atoms with van der Waals surface area (Å²) in [6, 6.07) is 15.7. The molecule has 23 heavy (non-hydrogen) atoms. The molecule has 2 aromatic rings. The molecule has 3 nitrogen and oxygen atoms in total. The Morgan fingerprint density at radius 2 is 1.78 bits per heavy atom. The normalized spacial score (nSPS) is 16.9. The van der Waals surface area contributed by atoms with Crippen LogP contribution in [0.25, 0.3) is 0 Å². The summed E-state index contributed by atoms with van der Waals surface area (Å²) in [6.07, 6.45) is 3.91. The first-order chi connectivity index (χ1) is 11.2. The zero-order chi connectivity index (χ0) is 16.1. The maximum Gasteiger partial charge on any atom is 0.124 e. The Morgan fingerprint density at radius 3 is 2.48 bits per heavy atom. The molecule has 120 valence electrons. The molecule has 0 bridgehead atoms. The summed E-state index contributed by atoms with van der Waals surface area (Å²) >= 11 is 5.92. The molecule has 0 aliphatic carbocycles. The molecule has 0 aromatic heterocycles. The summed E-state index contributed by atoms with van der Waals surface area (Å²) < 4.78 is 0. The number of nitrogens with zero attached hydrogens (tertiary/aromatic N) is 2. The van der Waals surface area contributed by atoms with Gasteiger partial charge in [-0.05, 0) is 42.7 Å². The number of likely N-dealkylation sites (tertiary alicyclic amines) is 1. The lowest BCUT2D eigenvalue weighted by molar-refractivity contribution is 0.206.